The lowest BCUT2D eigenvalue weighted by Crippen LogP contribution is -2.16. The van der Waals surface area contributed by atoms with Crippen molar-refractivity contribution in [2.24, 2.45) is 5.73 Å². The van der Waals surface area contributed by atoms with Gasteiger partial charge >= 0.3 is 11.9 Å². The second-order valence-corrected chi connectivity index (χ2v) is 1.93. The van der Waals surface area contributed by atoms with Gasteiger partial charge in [0.15, 0.2) is 0 Å². The lowest BCUT2D eigenvalue weighted by molar-refractivity contribution is -0.135. The van der Waals surface area contributed by atoms with Gasteiger partial charge in [-0.05, 0) is 12.2 Å². The molecule has 0 atom stereocenters. The first-order valence-electron chi connectivity index (χ1n) is 3.09. The van der Waals surface area contributed by atoms with Gasteiger partial charge in [-0.2, -0.15) is 0 Å². The van der Waals surface area contributed by atoms with Gasteiger partial charge in [-0.15, -0.1) is 0 Å². The Morgan fingerprint density at radius 1 is 1.15 bits per heavy atom. The number of carboxylic acids is 2. The highest BCUT2D eigenvalue weighted by atomic mass is 16.4. The third-order valence-electron chi connectivity index (χ3n) is 1.09. The maximum atomic E-state index is 10.4. The van der Waals surface area contributed by atoms with Crippen molar-refractivity contribution < 1.29 is 24.6 Å². The first kappa shape index (κ1) is 10.9. The topological polar surface area (TPSA) is 118 Å². The molecule has 0 fully saturated rings. The van der Waals surface area contributed by atoms with Crippen LogP contribution in [0.2, 0.25) is 0 Å². The Balaban J connectivity index is 5.11. The Morgan fingerprint density at radius 3 is 2.00 bits per heavy atom. The van der Waals surface area contributed by atoms with Crippen LogP contribution in [0, 0.1) is 0 Å². The summed E-state index contributed by atoms with van der Waals surface area (Å²) >= 11 is 0. The van der Waals surface area contributed by atoms with Crippen molar-refractivity contribution in [1.82, 2.24) is 0 Å². The number of carbonyl (C=O) groups is 3. The highest BCUT2D eigenvalue weighted by Crippen LogP contribution is 2.01. The van der Waals surface area contributed by atoms with E-state index in [0.717, 1.165) is 12.2 Å². The van der Waals surface area contributed by atoms with Gasteiger partial charge in [0.2, 0.25) is 0 Å². The lowest BCUT2D eigenvalue weighted by atomic mass is 10.2. The molecule has 4 N–H and O–H groups in total. The van der Waals surface area contributed by atoms with E-state index in [0.29, 0.717) is 6.29 Å². The molecule has 0 aliphatic rings. The molecule has 0 aliphatic carbocycles. The van der Waals surface area contributed by atoms with Crippen molar-refractivity contribution in [2.75, 3.05) is 0 Å². The number of rotatable bonds is 4. The normalized spacial score (nSPS) is 12.3. The van der Waals surface area contributed by atoms with Crippen LogP contribution in [0.25, 0.3) is 0 Å². The smallest absolute Gasteiger partial charge is 0.352 e. The zero-order chi connectivity index (χ0) is 10.4. The Hall–Kier alpha value is -2.11. The van der Waals surface area contributed by atoms with Gasteiger partial charge in [-0.1, -0.05) is 0 Å². The van der Waals surface area contributed by atoms with E-state index in [2.05, 4.69) is 0 Å². The third-order valence-corrected chi connectivity index (χ3v) is 1.09. The molecule has 0 saturated carbocycles. The molecule has 0 aromatic heterocycles. The maximum absolute atomic E-state index is 10.4. The summed E-state index contributed by atoms with van der Waals surface area (Å²) < 4.78 is 0. The fourth-order valence-corrected chi connectivity index (χ4v) is 0.527. The molecule has 0 heterocycles. The van der Waals surface area contributed by atoms with Crippen LogP contribution < -0.4 is 5.73 Å². The van der Waals surface area contributed by atoms with E-state index in [1.807, 2.05) is 0 Å². The van der Waals surface area contributed by atoms with E-state index in [1.165, 1.54) is 0 Å². The van der Waals surface area contributed by atoms with Crippen LogP contribution in [0.15, 0.2) is 23.4 Å². The van der Waals surface area contributed by atoms with E-state index in [-0.39, 0.29) is 0 Å². The van der Waals surface area contributed by atoms with Crippen molar-refractivity contribution in [3.8, 4) is 0 Å². The maximum Gasteiger partial charge on any atom is 0.352 e. The van der Waals surface area contributed by atoms with Crippen molar-refractivity contribution in [3.05, 3.63) is 23.4 Å². The molecule has 0 saturated heterocycles. The Labute approximate surface area is 73.0 Å². The molecule has 0 aromatic carbocycles. The van der Waals surface area contributed by atoms with Crippen molar-refractivity contribution in [2.45, 2.75) is 0 Å². The quantitative estimate of drug-likeness (QED) is 0.297. The SMILES string of the molecule is N/C(C(=O)O)=C(/C=C\C=O)C(=O)O. The molecule has 0 spiro atoms. The summed E-state index contributed by atoms with van der Waals surface area (Å²) in [6.45, 7) is 0. The van der Waals surface area contributed by atoms with Gasteiger partial charge in [-0.25, -0.2) is 9.59 Å². The van der Waals surface area contributed by atoms with Crippen LogP contribution in [0.1, 0.15) is 0 Å². The van der Waals surface area contributed by atoms with Gasteiger partial charge < -0.3 is 15.9 Å². The highest BCUT2D eigenvalue weighted by Gasteiger charge is 2.13. The Kier molecular flexibility index (Phi) is 3.94. The first-order chi connectivity index (χ1) is 6.00. The molecule has 70 valence electrons. The molecular weight excluding hydrogens is 178 g/mol. The van der Waals surface area contributed by atoms with Crippen molar-refractivity contribution >= 4 is 18.2 Å². The number of allylic oxidation sites excluding steroid dienone is 1. The summed E-state index contributed by atoms with van der Waals surface area (Å²) in [6, 6.07) is 0. The monoisotopic (exact) mass is 185 g/mol. The third kappa shape index (κ3) is 3.19. The lowest BCUT2D eigenvalue weighted by Gasteiger charge is -1.97. The molecule has 0 rings (SSSR count). The minimum atomic E-state index is -1.55. The number of nitrogens with two attached hydrogens (primary N) is 1. The standard InChI is InChI=1S/C7H7NO5/c8-5(7(12)13)4(6(10)11)2-1-3-9/h1-3H,8H2,(H,10,11)(H,12,13)/b2-1-,5-4-. The molecule has 0 amide bonds. The average Bonchev–Trinajstić information content (AvgIpc) is 2.04. The van der Waals surface area contributed by atoms with Crippen LogP contribution in [0.3, 0.4) is 0 Å². The van der Waals surface area contributed by atoms with E-state index in [9.17, 15) is 14.4 Å². The minimum absolute atomic E-state index is 0.318. The number of hydrogen-bond donors (Lipinski definition) is 3. The van der Waals surface area contributed by atoms with E-state index in [4.69, 9.17) is 15.9 Å². The zero-order valence-electron chi connectivity index (χ0n) is 6.43. The summed E-state index contributed by atoms with van der Waals surface area (Å²) in [6.07, 6.45) is 1.98. The number of aldehydes is 1. The molecule has 13 heavy (non-hydrogen) atoms. The predicted octanol–water partition coefficient (Wildman–Crippen LogP) is -0.876. The summed E-state index contributed by atoms with van der Waals surface area (Å²) in [5, 5.41) is 16.8. The van der Waals surface area contributed by atoms with Crippen LogP contribution in [0.5, 0.6) is 0 Å². The summed E-state index contributed by atoms with van der Waals surface area (Å²) in [4.78, 5) is 30.5. The van der Waals surface area contributed by atoms with Crippen molar-refractivity contribution in [1.29, 1.82) is 0 Å². The molecule has 0 aromatic rings. The summed E-state index contributed by atoms with van der Waals surface area (Å²) in [5.74, 6) is -3.05. The van der Waals surface area contributed by atoms with Crippen molar-refractivity contribution in [3.63, 3.8) is 0 Å². The predicted molar refractivity (Wildman–Crippen MR) is 41.7 cm³/mol. The molecule has 0 bridgehead atoms. The van der Waals surface area contributed by atoms with Gasteiger partial charge in [-0.3, -0.25) is 4.79 Å². The number of carbonyl (C=O) groups excluding carboxylic acids is 1. The van der Waals surface area contributed by atoms with Crippen LogP contribution in [-0.4, -0.2) is 28.4 Å². The largest absolute Gasteiger partial charge is 0.478 e. The molecule has 0 unspecified atom stereocenters. The number of aliphatic carboxylic acids is 2. The van der Waals surface area contributed by atoms with Crippen LogP contribution in [0.4, 0.5) is 0 Å². The average molecular weight is 185 g/mol. The minimum Gasteiger partial charge on any atom is -0.478 e. The van der Waals surface area contributed by atoms with Crippen LogP contribution >= 0.6 is 0 Å². The highest BCUT2D eigenvalue weighted by molar-refractivity contribution is 6.00. The molecule has 0 radical (unpaired) electrons. The first-order valence-corrected chi connectivity index (χ1v) is 3.09. The molecule has 6 nitrogen and oxygen atoms in total. The van der Waals surface area contributed by atoms with Crippen LogP contribution in [-0.2, 0) is 14.4 Å². The van der Waals surface area contributed by atoms with Gasteiger partial charge in [0.05, 0.1) is 5.57 Å². The molecule has 0 aliphatic heterocycles. The summed E-state index contributed by atoms with van der Waals surface area (Å²) in [5.41, 5.74) is 3.49. The second kappa shape index (κ2) is 4.70. The number of hydrogen-bond acceptors (Lipinski definition) is 4. The van der Waals surface area contributed by atoms with Gasteiger partial charge in [0.25, 0.3) is 0 Å². The van der Waals surface area contributed by atoms with E-state index < -0.39 is 23.2 Å². The molecular formula is C7H7NO5. The van der Waals surface area contributed by atoms with E-state index >= 15 is 0 Å². The van der Waals surface area contributed by atoms with Gasteiger partial charge in [0, 0.05) is 0 Å². The second-order valence-electron chi connectivity index (χ2n) is 1.93. The fourth-order valence-electron chi connectivity index (χ4n) is 0.527. The Morgan fingerprint density at radius 2 is 1.69 bits per heavy atom. The van der Waals surface area contributed by atoms with E-state index in [1.54, 1.807) is 0 Å². The zero-order valence-corrected chi connectivity index (χ0v) is 6.43. The van der Waals surface area contributed by atoms with Gasteiger partial charge in [0.1, 0.15) is 12.0 Å². The summed E-state index contributed by atoms with van der Waals surface area (Å²) in [7, 11) is 0. The Bertz CT molecular complexity index is 302. The number of carboxylic acid groups (broad SMARTS) is 2. The fraction of sp³-hybridized carbons (Fsp3) is 0. The molecule has 6 heteroatoms.